The maximum Gasteiger partial charge on any atom is 0.221 e. The standard InChI is InChI=1S/C12H13NO2/c1-9(14)3-4-11-5-7-12(8-6-11)13-10(2)15/h5-9,14H,1-2H3,(H,13,15). The first-order valence-electron chi connectivity index (χ1n) is 4.65. The van der Waals surface area contributed by atoms with Gasteiger partial charge in [-0.3, -0.25) is 4.79 Å². The van der Waals surface area contributed by atoms with Crippen molar-refractivity contribution >= 4 is 11.6 Å². The lowest BCUT2D eigenvalue weighted by molar-refractivity contribution is -0.114. The summed E-state index contributed by atoms with van der Waals surface area (Å²) in [4.78, 5) is 10.7. The average Bonchev–Trinajstić information content (AvgIpc) is 2.16. The van der Waals surface area contributed by atoms with Crippen molar-refractivity contribution in [2.45, 2.75) is 20.0 Å². The van der Waals surface area contributed by atoms with Crippen LogP contribution in [-0.2, 0) is 4.79 Å². The Morgan fingerprint density at radius 2 is 2.00 bits per heavy atom. The molecule has 1 atom stereocenters. The summed E-state index contributed by atoms with van der Waals surface area (Å²) in [5, 5.41) is 11.6. The molecule has 1 aromatic carbocycles. The fourth-order valence-corrected chi connectivity index (χ4v) is 1.03. The lowest BCUT2D eigenvalue weighted by Gasteiger charge is -2.00. The Hall–Kier alpha value is -1.79. The topological polar surface area (TPSA) is 49.3 Å². The minimum atomic E-state index is -0.625. The lowest BCUT2D eigenvalue weighted by Crippen LogP contribution is -2.05. The van der Waals surface area contributed by atoms with Crippen LogP contribution in [-0.4, -0.2) is 17.1 Å². The van der Waals surface area contributed by atoms with Crippen molar-refractivity contribution in [3.05, 3.63) is 29.8 Å². The van der Waals surface area contributed by atoms with Gasteiger partial charge in [0.25, 0.3) is 0 Å². The Morgan fingerprint density at radius 1 is 1.40 bits per heavy atom. The largest absolute Gasteiger partial charge is 0.381 e. The Labute approximate surface area is 89.1 Å². The molecule has 1 amide bonds. The summed E-state index contributed by atoms with van der Waals surface area (Å²) >= 11 is 0. The minimum absolute atomic E-state index is 0.0992. The number of aliphatic hydroxyl groups excluding tert-OH is 1. The molecule has 0 heterocycles. The predicted octanol–water partition coefficient (Wildman–Crippen LogP) is 1.38. The van der Waals surface area contributed by atoms with Crippen LogP contribution in [0.2, 0.25) is 0 Å². The van der Waals surface area contributed by atoms with Gasteiger partial charge in [-0.25, -0.2) is 0 Å². The highest BCUT2D eigenvalue weighted by molar-refractivity contribution is 5.88. The number of carbonyl (C=O) groups is 1. The third-order valence-electron chi connectivity index (χ3n) is 1.63. The number of aliphatic hydroxyl groups is 1. The van der Waals surface area contributed by atoms with Crippen molar-refractivity contribution in [2.24, 2.45) is 0 Å². The molecule has 0 aliphatic heterocycles. The number of hydrogen-bond acceptors (Lipinski definition) is 2. The molecule has 0 saturated carbocycles. The monoisotopic (exact) mass is 203 g/mol. The fraction of sp³-hybridized carbons (Fsp3) is 0.250. The first-order valence-corrected chi connectivity index (χ1v) is 4.65. The zero-order valence-electron chi connectivity index (χ0n) is 8.74. The molecule has 0 radical (unpaired) electrons. The maximum absolute atomic E-state index is 10.7. The van der Waals surface area contributed by atoms with Crippen molar-refractivity contribution < 1.29 is 9.90 Å². The van der Waals surface area contributed by atoms with Gasteiger partial charge in [0.15, 0.2) is 0 Å². The van der Waals surface area contributed by atoms with Gasteiger partial charge in [-0.1, -0.05) is 11.8 Å². The third-order valence-corrected chi connectivity index (χ3v) is 1.63. The van der Waals surface area contributed by atoms with Crippen LogP contribution in [0.25, 0.3) is 0 Å². The Balaban J connectivity index is 2.73. The van der Waals surface area contributed by atoms with Crippen molar-refractivity contribution in [3.63, 3.8) is 0 Å². The SMILES string of the molecule is CC(=O)Nc1ccc(C#CC(C)O)cc1. The van der Waals surface area contributed by atoms with Crippen LogP contribution in [0.5, 0.6) is 0 Å². The maximum atomic E-state index is 10.7. The molecule has 0 bridgehead atoms. The smallest absolute Gasteiger partial charge is 0.221 e. The van der Waals surface area contributed by atoms with Gasteiger partial charge in [0.2, 0.25) is 5.91 Å². The van der Waals surface area contributed by atoms with Crippen molar-refractivity contribution in [2.75, 3.05) is 5.32 Å². The summed E-state index contributed by atoms with van der Waals surface area (Å²) in [5.41, 5.74) is 1.55. The molecule has 3 heteroatoms. The summed E-state index contributed by atoms with van der Waals surface area (Å²) in [7, 11) is 0. The second kappa shape index (κ2) is 5.18. The van der Waals surface area contributed by atoms with Crippen LogP contribution >= 0.6 is 0 Å². The van der Waals surface area contributed by atoms with E-state index in [1.807, 2.05) is 0 Å². The summed E-state index contributed by atoms with van der Waals surface area (Å²) in [6, 6.07) is 7.13. The number of hydrogen-bond donors (Lipinski definition) is 2. The van der Waals surface area contributed by atoms with E-state index in [1.165, 1.54) is 6.92 Å². The van der Waals surface area contributed by atoms with E-state index in [1.54, 1.807) is 31.2 Å². The van der Waals surface area contributed by atoms with Gasteiger partial charge in [0.05, 0.1) is 0 Å². The van der Waals surface area contributed by atoms with Crippen LogP contribution in [0.15, 0.2) is 24.3 Å². The van der Waals surface area contributed by atoms with Gasteiger partial charge in [-0.15, -0.1) is 0 Å². The van der Waals surface area contributed by atoms with Gasteiger partial charge < -0.3 is 10.4 Å². The van der Waals surface area contributed by atoms with E-state index in [4.69, 9.17) is 5.11 Å². The van der Waals surface area contributed by atoms with Crippen LogP contribution < -0.4 is 5.32 Å². The molecule has 1 rings (SSSR count). The number of benzene rings is 1. The van der Waals surface area contributed by atoms with Crippen LogP contribution in [0.4, 0.5) is 5.69 Å². The molecule has 3 nitrogen and oxygen atoms in total. The van der Waals surface area contributed by atoms with Gasteiger partial charge >= 0.3 is 0 Å². The molecule has 0 aliphatic rings. The highest BCUT2D eigenvalue weighted by atomic mass is 16.3. The van der Waals surface area contributed by atoms with Crippen molar-refractivity contribution in [1.82, 2.24) is 0 Å². The molecule has 1 unspecified atom stereocenters. The van der Waals surface area contributed by atoms with Gasteiger partial charge in [0.1, 0.15) is 6.10 Å². The summed E-state index contributed by atoms with van der Waals surface area (Å²) < 4.78 is 0. The van der Waals surface area contributed by atoms with Crippen molar-refractivity contribution in [1.29, 1.82) is 0 Å². The summed E-state index contributed by atoms with van der Waals surface area (Å²) in [6.45, 7) is 3.07. The van der Waals surface area contributed by atoms with Crippen LogP contribution in [0.3, 0.4) is 0 Å². The lowest BCUT2D eigenvalue weighted by atomic mass is 10.2. The zero-order chi connectivity index (χ0) is 11.3. The summed E-state index contributed by atoms with van der Waals surface area (Å²) in [5.74, 6) is 5.35. The Morgan fingerprint density at radius 3 is 2.47 bits per heavy atom. The first-order chi connectivity index (χ1) is 7.08. The molecule has 0 aliphatic carbocycles. The molecule has 0 saturated heterocycles. The van der Waals surface area contributed by atoms with E-state index in [0.29, 0.717) is 0 Å². The number of anilines is 1. The van der Waals surface area contributed by atoms with Crippen LogP contribution in [0, 0.1) is 11.8 Å². The minimum Gasteiger partial charge on any atom is -0.381 e. The molecule has 1 aromatic rings. The Bertz CT molecular complexity index is 396. The van der Waals surface area contributed by atoms with E-state index >= 15 is 0 Å². The first kappa shape index (κ1) is 11.3. The van der Waals surface area contributed by atoms with Crippen molar-refractivity contribution in [3.8, 4) is 11.8 Å². The second-order valence-corrected chi connectivity index (χ2v) is 3.20. The van der Waals surface area contributed by atoms with E-state index in [0.717, 1.165) is 11.3 Å². The van der Waals surface area contributed by atoms with Gasteiger partial charge in [-0.05, 0) is 31.2 Å². The molecule has 78 valence electrons. The van der Waals surface area contributed by atoms with E-state index in [9.17, 15) is 4.79 Å². The highest BCUT2D eigenvalue weighted by Gasteiger charge is 1.94. The van der Waals surface area contributed by atoms with Gasteiger partial charge in [0, 0.05) is 18.2 Å². The zero-order valence-corrected chi connectivity index (χ0v) is 8.74. The van der Waals surface area contributed by atoms with E-state index < -0.39 is 6.10 Å². The molecular weight excluding hydrogens is 190 g/mol. The summed E-state index contributed by atoms with van der Waals surface area (Å²) in [6.07, 6.45) is -0.625. The Kier molecular flexibility index (Phi) is 3.90. The number of carbonyl (C=O) groups excluding carboxylic acids is 1. The molecule has 2 N–H and O–H groups in total. The fourth-order valence-electron chi connectivity index (χ4n) is 1.03. The second-order valence-electron chi connectivity index (χ2n) is 3.20. The number of rotatable bonds is 1. The quantitative estimate of drug-likeness (QED) is 0.677. The highest BCUT2D eigenvalue weighted by Crippen LogP contribution is 2.08. The molecule has 0 aromatic heterocycles. The molecular formula is C12H13NO2. The third kappa shape index (κ3) is 4.30. The molecule has 15 heavy (non-hydrogen) atoms. The van der Waals surface area contributed by atoms with Gasteiger partial charge in [-0.2, -0.15) is 0 Å². The molecule has 0 spiro atoms. The van der Waals surface area contributed by atoms with E-state index in [-0.39, 0.29) is 5.91 Å². The number of amides is 1. The average molecular weight is 203 g/mol. The van der Waals surface area contributed by atoms with E-state index in [2.05, 4.69) is 17.2 Å². The molecule has 0 fully saturated rings. The predicted molar refractivity (Wildman–Crippen MR) is 59.3 cm³/mol. The normalized spacial score (nSPS) is 11.1. The van der Waals surface area contributed by atoms with Crippen LogP contribution in [0.1, 0.15) is 19.4 Å². The number of nitrogens with one attached hydrogen (secondary N) is 1.